The van der Waals surface area contributed by atoms with Crippen LogP contribution in [0.2, 0.25) is 5.02 Å². The van der Waals surface area contributed by atoms with E-state index < -0.39 is 11.7 Å². The molecule has 0 atom stereocenters. The summed E-state index contributed by atoms with van der Waals surface area (Å²) in [5.41, 5.74) is 1.18. The molecule has 2 N–H and O–H groups in total. The molecule has 1 aliphatic heterocycles. The Balaban J connectivity index is 2.07. The van der Waals surface area contributed by atoms with Crippen LogP contribution in [0.15, 0.2) is 18.2 Å². The number of H-pyrrole nitrogens is 1. The summed E-state index contributed by atoms with van der Waals surface area (Å²) in [6.07, 6.45) is -1.68. The van der Waals surface area contributed by atoms with Crippen molar-refractivity contribution in [1.29, 1.82) is 0 Å². The van der Waals surface area contributed by atoms with E-state index in [0.29, 0.717) is 11.3 Å². The van der Waals surface area contributed by atoms with E-state index in [1.165, 1.54) is 6.07 Å². The molecule has 2 heterocycles. The molecule has 1 aliphatic rings. The zero-order chi connectivity index (χ0) is 15.0. The Bertz CT molecular complexity index is 664. The standard InChI is InChI=1S/C14H13ClF3N3/c15-11-5-4-8(7-10(11)14(16,17)18)12-9-3-1-2-6-19-13(9)21-20-12/h4-5,7H,1-3,6H2,(H2,19,20,21). The largest absolute Gasteiger partial charge is 0.417 e. The van der Waals surface area contributed by atoms with Gasteiger partial charge in [0, 0.05) is 17.7 Å². The molecule has 0 unspecified atom stereocenters. The van der Waals surface area contributed by atoms with Crippen LogP contribution in [0, 0.1) is 0 Å². The SMILES string of the molecule is FC(F)(F)c1cc(-c2[nH]nc3c2CCCCN3)ccc1Cl. The number of hydrogen-bond acceptors (Lipinski definition) is 2. The Hall–Kier alpha value is -1.69. The molecule has 0 bridgehead atoms. The van der Waals surface area contributed by atoms with Gasteiger partial charge in [-0.2, -0.15) is 18.3 Å². The van der Waals surface area contributed by atoms with E-state index in [9.17, 15) is 13.2 Å². The Kier molecular flexibility index (Phi) is 3.57. The maximum Gasteiger partial charge on any atom is 0.417 e. The molecule has 0 saturated carbocycles. The molecule has 0 fully saturated rings. The second-order valence-corrected chi connectivity index (χ2v) is 5.41. The molecule has 21 heavy (non-hydrogen) atoms. The van der Waals surface area contributed by atoms with Gasteiger partial charge >= 0.3 is 6.18 Å². The second-order valence-electron chi connectivity index (χ2n) is 5.00. The molecule has 3 rings (SSSR count). The minimum absolute atomic E-state index is 0.296. The highest BCUT2D eigenvalue weighted by Gasteiger charge is 2.33. The lowest BCUT2D eigenvalue weighted by Gasteiger charge is -2.11. The number of rotatable bonds is 1. The second kappa shape index (κ2) is 5.26. The third-order valence-electron chi connectivity index (χ3n) is 3.57. The van der Waals surface area contributed by atoms with E-state index in [4.69, 9.17) is 11.6 Å². The maximum absolute atomic E-state index is 13.0. The Morgan fingerprint density at radius 2 is 2.00 bits per heavy atom. The summed E-state index contributed by atoms with van der Waals surface area (Å²) in [7, 11) is 0. The summed E-state index contributed by atoms with van der Waals surface area (Å²) in [6, 6.07) is 3.92. The molecule has 0 radical (unpaired) electrons. The zero-order valence-corrected chi connectivity index (χ0v) is 11.8. The van der Waals surface area contributed by atoms with Crippen LogP contribution in [0.4, 0.5) is 19.0 Å². The van der Waals surface area contributed by atoms with Gasteiger partial charge in [-0.15, -0.1) is 0 Å². The smallest absolute Gasteiger partial charge is 0.368 e. The number of alkyl halides is 3. The molecule has 7 heteroatoms. The minimum atomic E-state index is -4.47. The fraction of sp³-hybridized carbons (Fsp3) is 0.357. The molecular formula is C14H13ClF3N3. The van der Waals surface area contributed by atoms with Crippen LogP contribution >= 0.6 is 11.6 Å². The van der Waals surface area contributed by atoms with Crippen molar-refractivity contribution in [3.63, 3.8) is 0 Å². The number of nitrogens with one attached hydrogen (secondary N) is 2. The fourth-order valence-corrected chi connectivity index (χ4v) is 2.75. The van der Waals surface area contributed by atoms with Crippen molar-refractivity contribution in [2.45, 2.75) is 25.4 Å². The van der Waals surface area contributed by atoms with Gasteiger partial charge in [0.15, 0.2) is 5.82 Å². The highest BCUT2D eigenvalue weighted by molar-refractivity contribution is 6.31. The number of nitrogens with zero attached hydrogens (tertiary/aromatic N) is 1. The van der Waals surface area contributed by atoms with Crippen molar-refractivity contribution in [2.24, 2.45) is 0 Å². The van der Waals surface area contributed by atoms with Crippen molar-refractivity contribution in [2.75, 3.05) is 11.9 Å². The number of hydrogen-bond donors (Lipinski definition) is 2. The van der Waals surface area contributed by atoms with Gasteiger partial charge in [-0.05, 0) is 31.4 Å². The normalized spacial score (nSPS) is 15.2. The van der Waals surface area contributed by atoms with Gasteiger partial charge in [0.05, 0.1) is 16.3 Å². The van der Waals surface area contributed by atoms with Crippen molar-refractivity contribution < 1.29 is 13.2 Å². The van der Waals surface area contributed by atoms with Gasteiger partial charge in [0.1, 0.15) is 0 Å². The Labute approximate surface area is 124 Å². The average Bonchev–Trinajstić information content (AvgIpc) is 2.67. The summed E-state index contributed by atoms with van der Waals surface area (Å²) < 4.78 is 38.9. The summed E-state index contributed by atoms with van der Waals surface area (Å²) in [5, 5.41) is 9.88. The van der Waals surface area contributed by atoms with Crippen LogP contribution in [0.5, 0.6) is 0 Å². The topological polar surface area (TPSA) is 40.7 Å². The van der Waals surface area contributed by atoms with E-state index in [1.807, 2.05) is 0 Å². The van der Waals surface area contributed by atoms with Gasteiger partial charge in [-0.1, -0.05) is 17.7 Å². The van der Waals surface area contributed by atoms with E-state index in [0.717, 1.165) is 43.3 Å². The highest BCUT2D eigenvalue weighted by Crippen LogP contribution is 2.38. The number of anilines is 1. The predicted octanol–water partition coefficient (Wildman–Crippen LogP) is 4.50. The van der Waals surface area contributed by atoms with Gasteiger partial charge in [-0.3, -0.25) is 5.10 Å². The first-order valence-corrected chi connectivity index (χ1v) is 7.03. The van der Waals surface area contributed by atoms with Crippen LogP contribution < -0.4 is 5.32 Å². The van der Waals surface area contributed by atoms with Gasteiger partial charge in [0.25, 0.3) is 0 Å². The van der Waals surface area contributed by atoms with Crippen LogP contribution in [0.1, 0.15) is 24.0 Å². The van der Waals surface area contributed by atoms with Crippen LogP contribution in [-0.2, 0) is 12.6 Å². The van der Waals surface area contributed by atoms with E-state index in [1.54, 1.807) is 6.07 Å². The predicted molar refractivity (Wildman–Crippen MR) is 75.5 cm³/mol. The van der Waals surface area contributed by atoms with E-state index in [2.05, 4.69) is 15.5 Å². The first-order valence-electron chi connectivity index (χ1n) is 6.65. The summed E-state index contributed by atoms with van der Waals surface area (Å²) in [5.74, 6) is 0.728. The van der Waals surface area contributed by atoms with Crippen LogP contribution in [-0.4, -0.2) is 16.7 Å². The monoisotopic (exact) mass is 315 g/mol. The number of halogens is 4. The highest BCUT2D eigenvalue weighted by atomic mass is 35.5. The Morgan fingerprint density at radius 3 is 2.76 bits per heavy atom. The molecular weight excluding hydrogens is 303 g/mol. The number of aromatic nitrogens is 2. The number of benzene rings is 1. The molecule has 0 amide bonds. The zero-order valence-electron chi connectivity index (χ0n) is 11.0. The molecule has 3 nitrogen and oxygen atoms in total. The molecule has 112 valence electrons. The summed E-state index contributed by atoms with van der Waals surface area (Å²) in [6.45, 7) is 0.825. The molecule has 0 spiro atoms. The van der Waals surface area contributed by atoms with Crippen LogP contribution in [0.3, 0.4) is 0 Å². The third-order valence-corrected chi connectivity index (χ3v) is 3.90. The third kappa shape index (κ3) is 2.72. The quantitative estimate of drug-likeness (QED) is 0.813. The number of aromatic amines is 1. The van der Waals surface area contributed by atoms with Crippen molar-refractivity contribution >= 4 is 17.4 Å². The lowest BCUT2D eigenvalue weighted by Crippen LogP contribution is -2.06. The Morgan fingerprint density at radius 1 is 1.19 bits per heavy atom. The van der Waals surface area contributed by atoms with Crippen molar-refractivity contribution in [3.8, 4) is 11.3 Å². The number of fused-ring (bicyclic) bond motifs is 1. The first-order chi connectivity index (χ1) is 9.97. The van der Waals surface area contributed by atoms with Crippen LogP contribution in [0.25, 0.3) is 11.3 Å². The average molecular weight is 316 g/mol. The summed E-state index contributed by atoms with van der Waals surface area (Å²) >= 11 is 5.65. The van der Waals surface area contributed by atoms with Crippen molar-refractivity contribution in [1.82, 2.24) is 10.2 Å². The minimum Gasteiger partial charge on any atom is -0.368 e. The maximum atomic E-state index is 13.0. The lowest BCUT2D eigenvalue weighted by molar-refractivity contribution is -0.137. The van der Waals surface area contributed by atoms with Crippen molar-refractivity contribution in [3.05, 3.63) is 34.3 Å². The van der Waals surface area contributed by atoms with Gasteiger partial charge in [0.2, 0.25) is 0 Å². The fourth-order valence-electron chi connectivity index (χ4n) is 2.53. The van der Waals surface area contributed by atoms with E-state index >= 15 is 0 Å². The molecule has 1 aromatic carbocycles. The molecule has 2 aromatic rings. The first kappa shape index (κ1) is 14.3. The molecule has 1 aromatic heterocycles. The molecule has 0 aliphatic carbocycles. The lowest BCUT2D eigenvalue weighted by atomic mass is 10.0. The van der Waals surface area contributed by atoms with E-state index in [-0.39, 0.29) is 5.02 Å². The van der Waals surface area contributed by atoms with Gasteiger partial charge < -0.3 is 5.32 Å². The molecule has 0 saturated heterocycles. The van der Waals surface area contributed by atoms with Gasteiger partial charge in [-0.25, -0.2) is 0 Å². The summed E-state index contributed by atoms with van der Waals surface area (Å²) in [4.78, 5) is 0.